The molecule has 6 nitrogen and oxygen atoms in total. The van der Waals surface area contributed by atoms with Crippen LogP contribution >= 0.6 is 11.6 Å². The van der Waals surface area contributed by atoms with Crippen LogP contribution in [0.25, 0.3) is 16.1 Å². The highest BCUT2D eigenvalue weighted by atomic mass is 35.5. The molecule has 0 amide bonds. The van der Waals surface area contributed by atoms with Crippen molar-refractivity contribution < 1.29 is 5.11 Å². The number of benzene rings is 1. The van der Waals surface area contributed by atoms with Gasteiger partial charge in [-0.25, -0.2) is 14.8 Å². The molecule has 0 bridgehead atoms. The molecule has 1 aromatic heterocycles. The summed E-state index contributed by atoms with van der Waals surface area (Å²) >= 11 is 6.42. The molecule has 1 saturated carbocycles. The fourth-order valence-electron chi connectivity index (χ4n) is 4.90. The van der Waals surface area contributed by atoms with Crippen LogP contribution in [0.15, 0.2) is 18.2 Å². The van der Waals surface area contributed by atoms with Crippen molar-refractivity contribution in [2.24, 2.45) is 11.1 Å². The lowest BCUT2D eigenvalue weighted by atomic mass is 9.74. The Balaban J connectivity index is 1.65. The second-order valence-electron chi connectivity index (χ2n) is 8.18. The largest absolute Gasteiger partial charge is 0.390 e. The first-order valence-electron chi connectivity index (χ1n) is 10.1. The summed E-state index contributed by atoms with van der Waals surface area (Å²) in [5, 5.41) is 10.4. The number of aliphatic hydroxyl groups excluding tert-OH is 1. The predicted molar refractivity (Wildman–Crippen MR) is 115 cm³/mol. The lowest BCUT2D eigenvalue weighted by Gasteiger charge is -2.42. The average molecular weight is 412 g/mol. The molecule has 2 aliphatic rings. The van der Waals surface area contributed by atoms with Crippen molar-refractivity contribution in [1.82, 2.24) is 9.97 Å². The topological polar surface area (TPSA) is 79.6 Å². The van der Waals surface area contributed by atoms with Crippen molar-refractivity contribution in [2.75, 3.05) is 18.0 Å². The van der Waals surface area contributed by atoms with Crippen LogP contribution in [0.4, 0.5) is 11.5 Å². The maximum atomic E-state index is 10.00. The first kappa shape index (κ1) is 20.1. The van der Waals surface area contributed by atoms with Crippen LogP contribution in [0.3, 0.4) is 0 Å². The number of hydrogen-bond donors (Lipinski definition) is 2. The molecule has 4 rings (SSSR count). The molecule has 2 fully saturated rings. The summed E-state index contributed by atoms with van der Waals surface area (Å²) in [7, 11) is 0. The third kappa shape index (κ3) is 3.48. The molecular formula is C22H26ClN5O. The van der Waals surface area contributed by atoms with Crippen LogP contribution in [0.2, 0.25) is 5.02 Å². The quantitative estimate of drug-likeness (QED) is 0.738. The minimum absolute atomic E-state index is 0.198. The fraction of sp³-hybridized carbons (Fsp3) is 0.500. The number of aromatic nitrogens is 2. The molecule has 29 heavy (non-hydrogen) atoms. The zero-order chi connectivity index (χ0) is 20.6. The van der Waals surface area contributed by atoms with Crippen molar-refractivity contribution in [3.63, 3.8) is 0 Å². The Morgan fingerprint density at radius 3 is 2.69 bits per heavy atom. The molecule has 0 unspecified atom stereocenters. The van der Waals surface area contributed by atoms with Crippen LogP contribution < -0.4 is 10.6 Å². The third-order valence-electron chi connectivity index (χ3n) is 6.66. The molecule has 1 aliphatic carbocycles. The third-order valence-corrected chi connectivity index (χ3v) is 7.06. The van der Waals surface area contributed by atoms with Gasteiger partial charge in [0.2, 0.25) is 5.69 Å². The zero-order valence-corrected chi connectivity index (χ0v) is 17.4. The normalized spacial score (nSPS) is 20.8. The number of aliphatic hydroxyl groups is 1. The van der Waals surface area contributed by atoms with Gasteiger partial charge in [0.15, 0.2) is 5.82 Å². The molecule has 3 N–H and O–H groups in total. The highest BCUT2D eigenvalue weighted by Gasteiger charge is 2.43. The summed E-state index contributed by atoms with van der Waals surface area (Å²) in [6.45, 7) is 10.7. The average Bonchev–Trinajstić information content (AvgIpc) is 3.08. The van der Waals surface area contributed by atoms with Gasteiger partial charge in [0, 0.05) is 24.7 Å². The van der Waals surface area contributed by atoms with Crippen molar-refractivity contribution in [3.8, 4) is 11.3 Å². The minimum Gasteiger partial charge on any atom is -0.390 e. The second-order valence-corrected chi connectivity index (χ2v) is 8.56. The number of rotatable bonds is 3. The van der Waals surface area contributed by atoms with E-state index in [0.29, 0.717) is 33.7 Å². The number of hydrogen-bond acceptors (Lipinski definition) is 5. The highest BCUT2D eigenvalue weighted by Crippen LogP contribution is 2.46. The predicted octanol–water partition coefficient (Wildman–Crippen LogP) is 4.25. The molecule has 0 radical (unpaired) electrons. The minimum atomic E-state index is -0.198. The molecule has 2 aromatic rings. The Bertz CT molecular complexity index is 962. The van der Waals surface area contributed by atoms with E-state index in [2.05, 4.69) is 9.74 Å². The summed E-state index contributed by atoms with van der Waals surface area (Å²) in [6.07, 6.45) is 5.68. The van der Waals surface area contributed by atoms with Crippen LogP contribution in [-0.2, 0) is 6.61 Å². The van der Waals surface area contributed by atoms with Crippen molar-refractivity contribution >= 4 is 23.1 Å². The van der Waals surface area contributed by atoms with Gasteiger partial charge in [0.25, 0.3) is 0 Å². The summed E-state index contributed by atoms with van der Waals surface area (Å²) in [4.78, 5) is 15.2. The zero-order valence-electron chi connectivity index (χ0n) is 16.7. The summed E-state index contributed by atoms with van der Waals surface area (Å²) in [6, 6.07) is 5.60. The molecule has 2 heterocycles. The molecule has 1 atom stereocenters. The molecule has 1 aliphatic heterocycles. The van der Waals surface area contributed by atoms with Crippen molar-refractivity contribution in [1.29, 1.82) is 0 Å². The maximum Gasteiger partial charge on any atom is 0.206 e. The molecular weight excluding hydrogens is 386 g/mol. The van der Waals surface area contributed by atoms with Gasteiger partial charge in [0.05, 0.1) is 29.6 Å². The molecule has 1 spiro atoms. The SMILES string of the molecule is [C-]#[N+]c1cccc(-c2nc(CO)c(N3CCC4(CCC[C@H]4N)CC3)nc2C)c1Cl. The summed E-state index contributed by atoms with van der Waals surface area (Å²) in [5.74, 6) is 0.743. The molecule has 7 heteroatoms. The van der Waals surface area contributed by atoms with E-state index in [9.17, 15) is 5.11 Å². The van der Waals surface area contributed by atoms with E-state index in [-0.39, 0.29) is 12.0 Å². The number of piperidine rings is 1. The maximum absolute atomic E-state index is 10.00. The number of aryl methyl sites for hydroxylation is 1. The fourth-order valence-corrected chi connectivity index (χ4v) is 5.15. The number of anilines is 1. The Labute approximate surface area is 176 Å². The van der Waals surface area contributed by atoms with Gasteiger partial charge in [-0.2, -0.15) is 0 Å². The van der Waals surface area contributed by atoms with Gasteiger partial charge in [0.1, 0.15) is 5.69 Å². The summed E-state index contributed by atoms with van der Waals surface area (Å²) in [5.41, 5.74) is 9.62. The van der Waals surface area contributed by atoms with Gasteiger partial charge in [-0.1, -0.05) is 36.2 Å². The Morgan fingerprint density at radius 1 is 1.31 bits per heavy atom. The van der Waals surface area contributed by atoms with Gasteiger partial charge in [-0.3, -0.25) is 0 Å². The number of nitrogens with zero attached hydrogens (tertiary/aromatic N) is 4. The van der Waals surface area contributed by atoms with E-state index < -0.39 is 0 Å². The lowest BCUT2D eigenvalue weighted by Crippen LogP contribution is -2.47. The van der Waals surface area contributed by atoms with Gasteiger partial charge in [-0.15, -0.1) is 0 Å². The van der Waals surface area contributed by atoms with Crippen LogP contribution in [0.1, 0.15) is 43.5 Å². The van der Waals surface area contributed by atoms with E-state index in [0.717, 1.165) is 43.9 Å². The lowest BCUT2D eigenvalue weighted by molar-refractivity contribution is 0.196. The van der Waals surface area contributed by atoms with E-state index in [1.54, 1.807) is 12.1 Å². The Hall–Kier alpha value is -2.20. The van der Waals surface area contributed by atoms with E-state index >= 15 is 0 Å². The summed E-state index contributed by atoms with van der Waals surface area (Å²) < 4.78 is 0. The van der Waals surface area contributed by atoms with Crippen LogP contribution in [0, 0.1) is 18.9 Å². The Morgan fingerprint density at radius 2 is 2.07 bits per heavy atom. The van der Waals surface area contributed by atoms with E-state index in [1.165, 1.54) is 12.8 Å². The molecule has 1 aromatic carbocycles. The van der Waals surface area contributed by atoms with E-state index in [1.807, 2.05) is 13.0 Å². The van der Waals surface area contributed by atoms with Gasteiger partial charge in [-0.05, 0) is 38.0 Å². The van der Waals surface area contributed by atoms with Gasteiger partial charge < -0.3 is 15.7 Å². The van der Waals surface area contributed by atoms with Crippen molar-refractivity contribution in [3.05, 3.63) is 46.0 Å². The van der Waals surface area contributed by atoms with Crippen LogP contribution in [-0.4, -0.2) is 34.2 Å². The first-order chi connectivity index (χ1) is 14.0. The monoisotopic (exact) mass is 411 g/mol. The van der Waals surface area contributed by atoms with Crippen LogP contribution in [0.5, 0.6) is 0 Å². The second kappa shape index (κ2) is 7.91. The van der Waals surface area contributed by atoms with Crippen molar-refractivity contribution in [2.45, 2.75) is 51.7 Å². The number of nitrogens with two attached hydrogens (primary N) is 1. The molecule has 152 valence electrons. The van der Waals surface area contributed by atoms with E-state index in [4.69, 9.17) is 33.9 Å². The standard InChI is InChI=1S/C22H26ClN5O/c1-14-20(15-5-3-6-16(25-2)19(15)23)27-17(13-29)21(26-14)28-11-9-22(10-12-28)8-4-7-18(22)24/h3,5-6,18,29H,4,7-13,24H2,1H3/t18-/m1/s1. The smallest absolute Gasteiger partial charge is 0.206 e. The Kier molecular flexibility index (Phi) is 5.48. The van der Waals surface area contributed by atoms with Gasteiger partial charge >= 0.3 is 0 Å². The highest BCUT2D eigenvalue weighted by molar-refractivity contribution is 6.36. The first-order valence-corrected chi connectivity index (χ1v) is 10.5. The molecule has 1 saturated heterocycles. The number of halogens is 1.